The van der Waals surface area contributed by atoms with Gasteiger partial charge in [0.05, 0.1) is 5.52 Å². The third kappa shape index (κ3) is 2.74. The fourth-order valence-electron chi connectivity index (χ4n) is 2.20. The number of benzene rings is 1. The summed E-state index contributed by atoms with van der Waals surface area (Å²) in [4.78, 5) is 15.9. The van der Waals surface area contributed by atoms with E-state index in [1.54, 1.807) is 13.1 Å². The molecule has 0 aliphatic carbocycles. The number of fused-ring (bicyclic) bond motifs is 1. The van der Waals surface area contributed by atoms with Gasteiger partial charge in [0.1, 0.15) is 5.78 Å². The first-order chi connectivity index (χ1) is 8.72. The van der Waals surface area contributed by atoms with E-state index in [1.165, 1.54) is 0 Å². The van der Waals surface area contributed by atoms with Gasteiger partial charge >= 0.3 is 0 Å². The quantitative estimate of drug-likeness (QED) is 0.877. The van der Waals surface area contributed by atoms with Crippen molar-refractivity contribution in [2.45, 2.75) is 19.8 Å². The highest BCUT2D eigenvalue weighted by Gasteiger charge is 2.15. The summed E-state index contributed by atoms with van der Waals surface area (Å²) < 4.78 is 0. The Bertz CT molecular complexity index is 546. The van der Waals surface area contributed by atoms with E-state index in [9.17, 15) is 4.79 Å². The van der Waals surface area contributed by atoms with Gasteiger partial charge in [0.25, 0.3) is 0 Å². The summed E-state index contributed by atoms with van der Waals surface area (Å²) >= 11 is 0. The highest BCUT2D eigenvalue weighted by Crippen LogP contribution is 2.21. The lowest BCUT2D eigenvalue weighted by Gasteiger charge is -2.13. The minimum absolute atomic E-state index is 0.0489. The number of carbonyl (C=O) groups excluding carboxylic acids is 1. The fraction of sp³-hybridized carbons (Fsp3) is 0.333. The van der Waals surface area contributed by atoms with Crippen molar-refractivity contribution in [2.24, 2.45) is 5.92 Å². The topological polar surface area (TPSA) is 50.2 Å². The van der Waals surface area contributed by atoms with Crippen LogP contribution in [0.1, 0.15) is 18.9 Å². The standard InChI is InChI=1S/C15H17NO2/c1-11(18)12(7-9-17)10-13-6-8-16-15-5-3-2-4-14(13)15/h2-6,8,12,17H,7,9-10H2,1H3. The molecule has 0 saturated heterocycles. The number of aromatic nitrogens is 1. The number of hydrogen-bond acceptors (Lipinski definition) is 3. The molecule has 1 unspecified atom stereocenters. The summed E-state index contributed by atoms with van der Waals surface area (Å²) in [5.41, 5.74) is 2.07. The Balaban J connectivity index is 2.33. The van der Waals surface area contributed by atoms with Crippen molar-refractivity contribution in [1.82, 2.24) is 4.98 Å². The largest absolute Gasteiger partial charge is 0.396 e. The summed E-state index contributed by atoms with van der Waals surface area (Å²) in [6.45, 7) is 1.64. The number of Topliss-reactive ketones (excluding diaryl/α,β-unsaturated/α-hetero) is 1. The highest BCUT2D eigenvalue weighted by atomic mass is 16.3. The average molecular weight is 243 g/mol. The molecule has 1 atom stereocenters. The number of carbonyl (C=O) groups is 1. The second-order valence-electron chi connectivity index (χ2n) is 4.51. The third-order valence-electron chi connectivity index (χ3n) is 3.26. The lowest BCUT2D eigenvalue weighted by Crippen LogP contribution is -2.15. The van der Waals surface area contributed by atoms with E-state index < -0.39 is 0 Å². The van der Waals surface area contributed by atoms with E-state index in [1.807, 2.05) is 30.3 Å². The number of para-hydroxylation sites is 1. The molecule has 0 bridgehead atoms. The van der Waals surface area contributed by atoms with E-state index in [2.05, 4.69) is 4.98 Å². The molecular formula is C15H17NO2. The SMILES string of the molecule is CC(=O)C(CCO)Cc1ccnc2ccccc12. The molecule has 0 aliphatic heterocycles. The van der Waals surface area contributed by atoms with Crippen LogP contribution in [0, 0.1) is 5.92 Å². The Labute approximate surface area is 106 Å². The van der Waals surface area contributed by atoms with Crippen LogP contribution in [0.4, 0.5) is 0 Å². The van der Waals surface area contributed by atoms with Crippen molar-refractivity contribution in [3.8, 4) is 0 Å². The lowest BCUT2D eigenvalue weighted by molar-refractivity contribution is -0.121. The predicted molar refractivity (Wildman–Crippen MR) is 71.3 cm³/mol. The van der Waals surface area contributed by atoms with Gasteiger partial charge in [-0.05, 0) is 37.5 Å². The maximum atomic E-state index is 11.5. The second kappa shape index (κ2) is 5.74. The van der Waals surface area contributed by atoms with Crippen LogP contribution in [-0.4, -0.2) is 22.5 Å². The van der Waals surface area contributed by atoms with E-state index in [-0.39, 0.29) is 18.3 Å². The second-order valence-corrected chi connectivity index (χ2v) is 4.51. The van der Waals surface area contributed by atoms with E-state index in [0.717, 1.165) is 16.5 Å². The normalized spacial score (nSPS) is 12.6. The zero-order valence-corrected chi connectivity index (χ0v) is 10.5. The predicted octanol–water partition coefficient (Wildman–Crippen LogP) is 2.36. The summed E-state index contributed by atoms with van der Waals surface area (Å²) in [6, 6.07) is 9.87. The summed E-state index contributed by atoms with van der Waals surface area (Å²) in [5, 5.41) is 10.1. The number of hydrogen-bond donors (Lipinski definition) is 1. The summed E-state index contributed by atoms with van der Waals surface area (Å²) in [7, 11) is 0. The molecule has 3 nitrogen and oxygen atoms in total. The Morgan fingerprint density at radius 2 is 2.11 bits per heavy atom. The number of aliphatic hydroxyl groups excluding tert-OH is 1. The van der Waals surface area contributed by atoms with Crippen molar-refractivity contribution >= 4 is 16.7 Å². The Kier molecular flexibility index (Phi) is 4.05. The molecule has 1 aromatic heterocycles. The summed E-state index contributed by atoms with van der Waals surface area (Å²) in [5.74, 6) is 0.0192. The van der Waals surface area contributed by atoms with Crippen molar-refractivity contribution in [1.29, 1.82) is 0 Å². The maximum absolute atomic E-state index is 11.5. The van der Waals surface area contributed by atoms with Crippen LogP contribution in [0.25, 0.3) is 10.9 Å². The van der Waals surface area contributed by atoms with Gasteiger partial charge in [-0.3, -0.25) is 9.78 Å². The molecule has 0 aliphatic rings. The minimum atomic E-state index is -0.110. The van der Waals surface area contributed by atoms with E-state index in [4.69, 9.17) is 5.11 Å². The molecular weight excluding hydrogens is 226 g/mol. The molecule has 0 fully saturated rings. The Hall–Kier alpha value is -1.74. The average Bonchev–Trinajstić information content (AvgIpc) is 2.38. The van der Waals surface area contributed by atoms with Gasteiger partial charge in [-0.15, -0.1) is 0 Å². The molecule has 1 heterocycles. The molecule has 3 heteroatoms. The van der Waals surface area contributed by atoms with Crippen molar-refractivity contribution in [3.05, 3.63) is 42.1 Å². The number of pyridine rings is 1. The van der Waals surface area contributed by atoms with E-state index in [0.29, 0.717) is 12.8 Å². The molecule has 1 aromatic carbocycles. The van der Waals surface area contributed by atoms with Crippen LogP contribution in [0.3, 0.4) is 0 Å². The maximum Gasteiger partial charge on any atom is 0.133 e. The van der Waals surface area contributed by atoms with E-state index >= 15 is 0 Å². The van der Waals surface area contributed by atoms with Gasteiger partial charge in [0, 0.05) is 24.1 Å². The number of nitrogens with zero attached hydrogens (tertiary/aromatic N) is 1. The van der Waals surface area contributed by atoms with Crippen LogP contribution in [0.5, 0.6) is 0 Å². The molecule has 0 radical (unpaired) electrons. The Morgan fingerprint density at radius 3 is 2.83 bits per heavy atom. The molecule has 2 rings (SSSR count). The highest BCUT2D eigenvalue weighted by molar-refractivity contribution is 5.83. The zero-order valence-electron chi connectivity index (χ0n) is 10.5. The van der Waals surface area contributed by atoms with Crippen LogP contribution < -0.4 is 0 Å². The van der Waals surface area contributed by atoms with Crippen molar-refractivity contribution < 1.29 is 9.90 Å². The molecule has 0 amide bonds. The van der Waals surface area contributed by atoms with Gasteiger partial charge in [-0.2, -0.15) is 0 Å². The first-order valence-corrected chi connectivity index (χ1v) is 6.16. The number of aliphatic hydroxyl groups is 1. The van der Waals surface area contributed by atoms with Crippen molar-refractivity contribution in [2.75, 3.05) is 6.61 Å². The van der Waals surface area contributed by atoms with Crippen LogP contribution in [0.15, 0.2) is 36.5 Å². The van der Waals surface area contributed by atoms with Crippen LogP contribution >= 0.6 is 0 Å². The molecule has 94 valence electrons. The van der Waals surface area contributed by atoms with Gasteiger partial charge in [0.15, 0.2) is 0 Å². The molecule has 0 spiro atoms. The monoisotopic (exact) mass is 243 g/mol. The van der Waals surface area contributed by atoms with Gasteiger partial charge in [-0.25, -0.2) is 0 Å². The number of ketones is 1. The van der Waals surface area contributed by atoms with Gasteiger partial charge < -0.3 is 5.11 Å². The summed E-state index contributed by atoms with van der Waals surface area (Å²) in [6.07, 6.45) is 2.96. The molecule has 0 saturated carbocycles. The van der Waals surface area contributed by atoms with Gasteiger partial charge in [-0.1, -0.05) is 18.2 Å². The molecule has 2 aromatic rings. The molecule has 1 N–H and O–H groups in total. The van der Waals surface area contributed by atoms with Gasteiger partial charge in [0.2, 0.25) is 0 Å². The fourth-order valence-corrected chi connectivity index (χ4v) is 2.20. The molecule has 18 heavy (non-hydrogen) atoms. The first-order valence-electron chi connectivity index (χ1n) is 6.16. The third-order valence-corrected chi connectivity index (χ3v) is 3.26. The van der Waals surface area contributed by atoms with Crippen LogP contribution in [-0.2, 0) is 11.2 Å². The number of rotatable bonds is 5. The smallest absolute Gasteiger partial charge is 0.133 e. The lowest BCUT2D eigenvalue weighted by atomic mass is 9.92. The van der Waals surface area contributed by atoms with Crippen LogP contribution in [0.2, 0.25) is 0 Å². The zero-order chi connectivity index (χ0) is 13.0. The Morgan fingerprint density at radius 1 is 1.33 bits per heavy atom. The van der Waals surface area contributed by atoms with Crippen molar-refractivity contribution in [3.63, 3.8) is 0 Å². The first kappa shape index (κ1) is 12.7. The minimum Gasteiger partial charge on any atom is -0.396 e.